The summed E-state index contributed by atoms with van der Waals surface area (Å²) in [4.78, 5) is 15.2. The Balaban J connectivity index is 1.81. The molecule has 0 unspecified atom stereocenters. The zero-order chi connectivity index (χ0) is 18.1. The van der Waals surface area contributed by atoms with Crippen LogP contribution in [0.5, 0.6) is 0 Å². The van der Waals surface area contributed by atoms with Crippen LogP contribution < -0.4 is 10.2 Å². The van der Waals surface area contributed by atoms with Gasteiger partial charge >= 0.3 is 0 Å². The molecule has 3 nitrogen and oxygen atoms in total. The van der Waals surface area contributed by atoms with Crippen LogP contribution in [0.1, 0.15) is 34.3 Å². The van der Waals surface area contributed by atoms with Crippen molar-refractivity contribution in [3.63, 3.8) is 0 Å². The maximum absolute atomic E-state index is 13.3. The number of fused-ring (bicyclic) bond motifs is 1. The highest BCUT2D eigenvalue weighted by molar-refractivity contribution is 6.12. The highest BCUT2D eigenvalue weighted by Gasteiger charge is 2.36. The van der Waals surface area contributed by atoms with Gasteiger partial charge in [-0.25, -0.2) is 0 Å². The predicted octanol–water partition coefficient (Wildman–Crippen LogP) is 5.20. The fourth-order valence-corrected chi connectivity index (χ4v) is 3.55. The normalized spacial score (nSPS) is 17.4. The van der Waals surface area contributed by atoms with Gasteiger partial charge in [0.15, 0.2) is 0 Å². The SMILES string of the molecule is Cc1ccc(N2C(=O)c3ccccc3N[C@@H]2[C@@H](C)c2ccccc2)cc1. The van der Waals surface area contributed by atoms with E-state index in [1.807, 2.05) is 71.6 Å². The third-order valence-corrected chi connectivity index (χ3v) is 5.07. The summed E-state index contributed by atoms with van der Waals surface area (Å²) in [5.41, 5.74) is 4.90. The Labute approximate surface area is 154 Å². The maximum atomic E-state index is 13.3. The fourth-order valence-electron chi connectivity index (χ4n) is 3.55. The highest BCUT2D eigenvalue weighted by Crippen LogP contribution is 2.35. The van der Waals surface area contributed by atoms with Crippen molar-refractivity contribution in [1.82, 2.24) is 0 Å². The van der Waals surface area contributed by atoms with Crippen LogP contribution in [0.15, 0.2) is 78.9 Å². The topological polar surface area (TPSA) is 32.3 Å². The lowest BCUT2D eigenvalue weighted by Gasteiger charge is -2.41. The number of carbonyl (C=O) groups is 1. The molecule has 1 aliphatic heterocycles. The molecule has 0 saturated heterocycles. The molecule has 0 radical (unpaired) electrons. The van der Waals surface area contributed by atoms with E-state index < -0.39 is 0 Å². The van der Waals surface area contributed by atoms with Crippen LogP contribution in [0.2, 0.25) is 0 Å². The molecule has 2 atom stereocenters. The summed E-state index contributed by atoms with van der Waals surface area (Å²) in [5, 5.41) is 3.59. The standard InChI is InChI=1S/C23H22N2O/c1-16-12-14-19(15-13-16)25-22(17(2)18-8-4-3-5-9-18)24-21-11-7-6-10-20(21)23(25)26/h3-15,17,22,24H,1-2H3/t17-,22-/m0/s1. The third kappa shape index (κ3) is 2.86. The van der Waals surface area contributed by atoms with Gasteiger partial charge in [-0.05, 0) is 36.8 Å². The number of anilines is 2. The minimum Gasteiger partial charge on any atom is -0.364 e. The number of amides is 1. The van der Waals surface area contributed by atoms with Gasteiger partial charge in [0.05, 0.1) is 5.56 Å². The number of nitrogens with one attached hydrogen (secondary N) is 1. The number of aryl methyl sites for hydroxylation is 1. The highest BCUT2D eigenvalue weighted by atomic mass is 16.2. The van der Waals surface area contributed by atoms with Gasteiger partial charge in [-0.1, -0.05) is 67.1 Å². The third-order valence-electron chi connectivity index (χ3n) is 5.07. The van der Waals surface area contributed by atoms with E-state index in [1.54, 1.807) is 0 Å². The summed E-state index contributed by atoms with van der Waals surface area (Å²) in [6.45, 7) is 4.22. The average Bonchev–Trinajstić information content (AvgIpc) is 2.69. The molecule has 1 heterocycles. The number of hydrogen-bond acceptors (Lipinski definition) is 2. The molecule has 0 aliphatic carbocycles. The molecule has 3 heteroatoms. The quantitative estimate of drug-likeness (QED) is 0.710. The molecule has 0 bridgehead atoms. The molecule has 1 N–H and O–H groups in total. The molecule has 130 valence electrons. The van der Waals surface area contributed by atoms with Crippen LogP contribution in [-0.4, -0.2) is 12.1 Å². The second kappa shape index (κ2) is 6.68. The molecule has 26 heavy (non-hydrogen) atoms. The fraction of sp³-hybridized carbons (Fsp3) is 0.174. The van der Waals surface area contributed by atoms with E-state index in [0.717, 1.165) is 11.4 Å². The van der Waals surface area contributed by atoms with Crippen LogP contribution in [-0.2, 0) is 0 Å². The van der Waals surface area contributed by atoms with Crippen molar-refractivity contribution in [3.8, 4) is 0 Å². The molecule has 3 aromatic carbocycles. The van der Waals surface area contributed by atoms with Gasteiger partial charge in [-0.3, -0.25) is 9.69 Å². The Morgan fingerprint density at radius 1 is 0.885 bits per heavy atom. The van der Waals surface area contributed by atoms with Crippen molar-refractivity contribution in [1.29, 1.82) is 0 Å². The Kier molecular flexibility index (Phi) is 4.21. The Morgan fingerprint density at radius 3 is 2.27 bits per heavy atom. The van der Waals surface area contributed by atoms with Gasteiger partial charge in [0, 0.05) is 17.3 Å². The smallest absolute Gasteiger partial charge is 0.262 e. The first kappa shape index (κ1) is 16.4. The first-order valence-electron chi connectivity index (χ1n) is 8.96. The van der Waals surface area contributed by atoms with Crippen molar-refractivity contribution in [2.24, 2.45) is 0 Å². The van der Waals surface area contributed by atoms with Gasteiger partial charge in [0.1, 0.15) is 6.17 Å². The molecule has 1 aliphatic rings. The molecular formula is C23H22N2O. The van der Waals surface area contributed by atoms with Gasteiger partial charge in [-0.15, -0.1) is 0 Å². The van der Waals surface area contributed by atoms with Crippen molar-refractivity contribution in [2.75, 3.05) is 10.2 Å². The number of hydrogen-bond donors (Lipinski definition) is 1. The summed E-state index contributed by atoms with van der Waals surface area (Å²) in [6.07, 6.45) is -0.150. The lowest BCUT2D eigenvalue weighted by Crippen LogP contribution is -2.51. The summed E-state index contributed by atoms with van der Waals surface area (Å²) >= 11 is 0. The second-order valence-corrected chi connectivity index (χ2v) is 6.84. The molecule has 4 rings (SSSR count). The second-order valence-electron chi connectivity index (χ2n) is 6.84. The van der Waals surface area contributed by atoms with Crippen LogP contribution in [0.25, 0.3) is 0 Å². The summed E-state index contributed by atoms with van der Waals surface area (Å²) < 4.78 is 0. The zero-order valence-electron chi connectivity index (χ0n) is 15.0. The average molecular weight is 342 g/mol. The Morgan fingerprint density at radius 2 is 1.54 bits per heavy atom. The van der Waals surface area contributed by atoms with Crippen LogP contribution >= 0.6 is 0 Å². The lowest BCUT2D eigenvalue weighted by atomic mass is 9.93. The van der Waals surface area contributed by atoms with Crippen LogP contribution in [0, 0.1) is 6.92 Å². The van der Waals surface area contributed by atoms with Gasteiger partial charge in [0.25, 0.3) is 5.91 Å². The maximum Gasteiger partial charge on any atom is 0.262 e. The van der Waals surface area contributed by atoms with E-state index in [1.165, 1.54) is 11.1 Å². The monoisotopic (exact) mass is 342 g/mol. The first-order valence-corrected chi connectivity index (χ1v) is 8.96. The van der Waals surface area contributed by atoms with Crippen molar-refractivity contribution < 1.29 is 4.79 Å². The number of rotatable bonds is 3. The molecule has 0 saturated carbocycles. The Hall–Kier alpha value is -3.07. The Bertz CT molecular complexity index is 918. The number of carbonyl (C=O) groups excluding carboxylic acids is 1. The van der Waals surface area contributed by atoms with Crippen molar-refractivity contribution in [3.05, 3.63) is 95.6 Å². The van der Waals surface area contributed by atoms with Gasteiger partial charge in [0.2, 0.25) is 0 Å². The van der Waals surface area contributed by atoms with Crippen LogP contribution in [0.4, 0.5) is 11.4 Å². The predicted molar refractivity (Wildman–Crippen MR) is 107 cm³/mol. The summed E-state index contributed by atoms with van der Waals surface area (Å²) in [7, 11) is 0. The van der Waals surface area contributed by atoms with E-state index in [-0.39, 0.29) is 18.0 Å². The minimum absolute atomic E-state index is 0.0379. The molecule has 0 aromatic heterocycles. The number of nitrogens with zero attached hydrogens (tertiary/aromatic N) is 1. The van der Waals surface area contributed by atoms with E-state index >= 15 is 0 Å². The lowest BCUT2D eigenvalue weighted by molar-refractivity contribution is 0.0972. The summed E-state index contributed by atoms with van der Waals surface area (Å²) in [6, 6.07) is 26.2. The first-order chi connectivity index (χ1) is 12.6. The number of benzene rings is 3. The molecule has 0 spiro atoms. The van der Waals surface area contributed by atoms with E-state index in [4.69, 9.17) is 0 Å². The van der Waals surface area contributed by atoms with Crippen molar-refractivity contribution in [2.45, 2.75) is 25.9 Å². The molecule has 1 amide bonds. The number of para-hydroxylation sites is 1. The van der Waals surface area contributed by atoms with E-state index in [0.29, 0.717) is 5.56 Å². The van der Waals surface area contributed by atoms with Gasteiger partial charge in [-0.2, -0.15) is 0 Å². The summed E-state index contributed by atoms with van der Waals surface area (Å²) in [5.74, 6) is 0.172. The van der Waals surface area contributed by atoms with Crippen LogP contribution in [0.3, 0.4) is 0 Å². The molecule has 0 fully saturated rings. The van der Waals surface area contributed by atoms with Gasteiger partial charge < -0.3 is 5.32 Å². The van der Waals surface area contributed by atoms with Crippen molar-refractivity contribution >= 4 is 17.3 Å². The van der Waals surface area contributed by atoms with E-state index in [2.05, 4.69) is 31.3 Å². The van der Waals surface area contributed by atoms with E-state index in [9.17, 15) is 4.79 Å². The molecule has 3 aromatic rings. The largest absolute Gasteiger partial charge is 0.364 e. The minimum atomic E-state index is -0.150. The zero-order valence-corrected chi connectivity index (χ0v) is 15.0. The molecular weight excluding hydrogens is 320 g/mol.